The molecule has 1 aliphatic heterocycles. The van der Waals surface area contributed by atoms with E-state index in [1.165, 1.54) is 18.3 Å². The third kappa shape index (κ3) is 2.89. The smallest absolute Gasteiger partial charge is 0.264 e. The van der Waals surface area contributed by atoms with Crippen molar-refractivity contribution < 1.29 is 9.59 Å². The van der Waals surface area contributed by atoms with Crippen LogP contribution in [-0.2, 0) is 4.79 Å². The van der Waals surface area contributed by atoms with Crippen LogP contribution in [-0.4, -0.2) is 39.6 Å². The Kier molecular flexibility index (Phi) is 3.98. The quantitative estimate of drug-likeness (QED) is 0.944. The van der Waals surface area contributed by atoms with Crippen molar-refractivity contribution in [3.63, 3.8) is 0 Å². The molecule has 2 amide bonds. The number of nitrogens with zero attached hydrogens (tertiary/aromatic N) is 3. The molecule has 3 heterocycles. The molecule has 0 radical (unpaired) electrons. The summed E-state index contributed by atoms with van der Waals surface area (Å²) in [7, 11) is 0. The third-order valence-corrected chi connectivity index (χ3v) is 4.80. The van der Waals surface area contributed by atoms with Crippen molar-refractivity contribution in [3.05, 3.63) is 34.2 Å². The normalized spacial score (nSPS) is 17.7. The summed E-state index contributed by atoms with van der Waals surface area (Å²) in [6.07, 6.45) is 2.72. The Bertz CT molecular complexity index is 706. The van der Waals surface area contributed by atoms with Crippen LogP contribution in [0.2, 0.25) is 0 Å². The van der Waals surface area contributed by atoms with E-state index in [0.717, 1.165) is 23.4 Å². The Morgan fingerprint density at radius 2 is 2.23 bits per heavy atom. The minimum Gasteiger partial charge on any atom is -0.336 e. The number of hydrogen-bond acceptors (Lipinski definition) is 4. The molecular formula is C15H18N4O2S. The maximum atomic E-state index is 12.5. The van der Waals surface area contributed by atoms with Crippen LogP contribution >= 0.6 is 11.3 Å². The number of thiophene rings is 1. The second-order valence-corrected chi connectivity index (χ2v) is 6.40. The SMILES string of the molecule is CC(=O)Nc1ccn([C@H]2CCN(C(=O)c3sccc3C)C2)n1. The lowest BCUT2D eigenvalue weighted by Gasteiger charge is -2.16. The van der Waals surface area contributed by atoms with Gasteiger partial charge in [-0.05, 0) is 30.4 Å². The van der Waals surface area contributed by atoms with Crippen molar-refractivity contribution >= 4 is 29.0 Å². The van der Waals surface area contributed by atoms with Gasteiger partial charge in [0.05, 0.1) is 10.9 Å². The van der Waals surface area contributed by atoms with Crippen molar-refractivity contribution in [1.29, 1.82) is 0 Å². The molecule has 0 spiro atoms. The Hall–Kier alpha value is -2.15. The fraction of sp³-hybridized carbons (Fsp3) is 0.400. The standard InChI is InChI=1S/C15H18N4O2S/c1-10-5-8-22-14(10)15(21)18-6-3-12(9-18)19-7-4-13(17-19)16-11(2)20/h4-5,7-8,12H,3,6,9H2,1-2H3,(H,16,17,20)/t12-/m0/s1. The molecule has 116 valence electrons. The molecule has 0 aromatic carbocycles. The first-order valence-electron chi connectivity index (χ1n) is 7.20. The highest BCUT2D eigenvalue weighted by molar-refractivity contribution is 7.12. The van der Waals surface area contributed by atoms with E-state index in [1.54, 1.807) is 6.07 Å². The Balaban J connectivity index is 1.67. The van der Waals surface area contributed by atoms with E-state index < -0.39 is 0 Å². The molecular weight excluding hydrogens is 300 g/mol. The number of carbonyl (C=O) groups is 2. The first-order valence-corrected chi connectivity index (χ1v) is 8.08. The number of nitrogens with one attached hydrogen (secondary N) is 1. The summed E-state index contributed by atoms with van der Waals surface area (Å²) in [5, 5.41) is 8.97. The number of rotatable bonds is 3. The molecule has 7 heteroatoms. The van der Waals surface area contributed by atoms with Gasteiger partial charge in [-0.15, -0.1) is 11.3 Å². The van der Waals surface area contributed by atoms with Gasteiger partial charge in [0.15, 0.2) is 5.82 Å². The number of hydrogen-bond donors (Lipinski definition) is 1. The Labute approximate surface area is 132 Å². The van der Waals surface area contributed by atoms with Gasteiger partial charge in [-0.1, -0.05) is 0 Å². The largest absolute Gasteiger partial charge is 0.336 e. The molecule has 6 nitrogen and oxygen atoms in total. The van der Waals surface area contributed by atoms with E-state index in [0.29, 0.717) is 12.4 Å². The Morgan fingerprint density at radius 1 is 1.41 bits per heavy atom. The van der Waals surface area contributed by atoms with E-state index in [1.807, 2.05) is 34.1 Å². The van der Waals surface area contributed by atoms with Crippen LogP contribution in [0.5, 0.6) is 0 Å². The molecule has 0 unspecified atom stereocenters. The second-order valence-electron chi connectivity index (χ2n) is 5.49. The molecule has 1 aliphatic rings. The van der Waals surface area contributed by atoms with Gasteiger partial charge < -0.3 is 10.2 Å². The molecule has 2 aromatic heterocycles. The van der Waals surface area contributed by atoms with Crippen LogP contribution in [0.15, 0.2) is 23.7 Å². The zero-order valence-corrected chi connectivity index (χ0v) is 13.4. The zero-order chi connectivity index (χ0) is 15.7. The lowest BCUT2D eigenvalue weighted by Crippen LogP contribution is -2.29. The monoisotopic (exact) mass is 318 g/mol. The number of aryl methyl sites for hydroxylation is 1. The second kappa shape index (κ2) is 5.92. The minimum absolute atomic E-state index is 0.101. The van der Waals surface area contributed by atoms with Crippen molar-refractivity contribution in [2.75, 3.05) is 18.4 Å². The predicted molar refractivity (Wildman–Crippen MR) is 85.1 cm³/mol. The zero-order valence-electron chi connectivity index (χ0n) is 12.6. The average Bonchev–Trinajstić information content (AvgIpc) is 3.16. The lowest BCUT2D eigenvalue weighted by molar-refractivity contribution is -0.114. The number of likely N-dealkylation sites (tertiary alicyclic amines) is 1. The fourth-order valence-corrected chi connectivity index (χ4v) is 3.56. The van der Waals surface area contributed by atoms with E-state index >= 15 is 0 Å². The van der Waals surface area contributed by atoms with Gasteiger partial charge >= 0.3 is 0 Å². The highest BCUT2D eigenvalue weighted by Gasteiger charge is 2.29. The van der Waals surface area contributed by atoms with E-state index in [2.05, 4.69) is 10.4 Å². The van der Waals surface area contributed by atoms with Crippen LogP contribution in [0.1, 0.15) is 34.6 Å². The highest BCUT2D eigenvalue weighted by Crippen LogP contribution is 2.26. The first kappa shape index (κ1) is 14.8. The van der Waals surface area contributed by atoms with Crippen molar-refractivity contribution in [2.24, 2.45) is 0 Å². The number of anilines is 1. The van der Waals surface area contributed by atoms with Gasteiger partial charge in [-0.25, -0.2) is 0 Å². The first-order chi connectivity index (χ1) is 10.5. The molecule has 22 heavy (non-hydrogen) atoms. The van der Waals surface area contributed by atoms with Gasteiger partial charge in [0.25, 0.3) is 5.91 Å². The van der Waals surface area contributed by atoms with Gasteiger partial charge in [0.2, 0.25) is 5.91 Å². The molecule has 0 aliphatic carbocycles. The molecule has 0 saturated carbocycles. The van der Waals surface area contributed by atoms with Crippen molar-refractivity contribution in [1.82, 2.24) is 14.7 Å². The molecule has 1 fully saturated rings. The number of carbonyl (C=O) groups excluding carboxylic acids is 2. The van der Waals surface area contributed by atoms with Gasteiger partial charge in [-0.2, -0.15) is 5.10 Å². The highest BCUT2D eigenvalue weighted by atomic mass is 32.1. The summed E-state index contributed by atoms with van der Waals surface area (Å²) in [6.45, 7) is 4.80. The summed E-state index contributed by atoms with van der Waals surface area (Å²) >= 11 is 1.49. The topological polar surface area (TPSA) is 67.2 Å². The number of amides is 2. The third-order valence-electron chi connectivity index (χ3n) is 3.79. The summed E-state index contributed by atoms with van der Waals surface area (Å²) in [5.41, 5.74) is 1.03. The lowest BCUT2D eigenvalue weighted by atomic mass is 10.2. The average molecular weight is 318 g/mol. The van der Waals surface area contributed by atoms with E-state index in [4.69, 9.17) is 0 Å². The molecule has 0 bridgehead atoms. The van der Waals surface area contributed by atoms with Crippen LogP contribution in [0.25, 0.3) is 0 Å². The van der Waals surface area contributed by atoms with Crippen LogP contribution in [0, 0.1) is 6.92 Å². The maximum Gasteiger partial charge on any atom is 0.264 e. The van der Waals surface area contributed by atoms with Crippen LogP contribution in [0.3, 0.4) is 0 Å². The summed E-state index contributed by atoms with van der Waals surface area (Å²) in [6, 6.07) is 3.90. The molecule has 1 N–H and O–H groups in total. The predicted octanol–water partition coefficient (Wildman–Crippen LogP) is 2.30. The van der Waals surface area contributed by atoms with Crippen molar-refractivity contribution in [3.8, 4) is 0 Å². The van der Waals surface area contributed by atoms with Gasteiger partial charge in [-0.3, -0.25) is 14.3 Å². The maximum absolute atomic E-state index is 12.5. The minimum atomic E-state index is -0.137. The van der Waals surface area contributed by atoms with Gasteiger partial charge in [0.1, 0.15) is 0 Å². The van der Waals surface area contributed by atoms with Crippen LogP contribution in [0.4, 0.5) is 5.82 Å². The number of aromatic nitrogens is 2. The summed E-state index contributed by atoms with van der Waals surface area (Å²) in [4.78, 5) is 26.2. The molecule has 2 aromatic rings. The van der Waals surface area contributed by atoms with Crippen LogP contribution < -0.4 is 5.32 Å². The molecule has 3 rings (SSSR count). The van der Waals surface area contributed by atoms with Gasteiger partial charge in [0, 0.05) is 32.3 Å². The molecule has 1 saturated heterocycles. The van der Waals surface area contributed by atoms with E-state index in [-0.39, 0.29) is 17.9 Å². The van der Waals surface area contributed by atoms with E-state index in [9.17, 15) is 9.59 Å². The summed E-state index contributed by atoms with van der Waals surface area (Å²) in [5.74, 6) is 0.511. The molecule has 1 atom stereocenters. The van der Waals surface area contributed by atoms with Crippen molar-refractivity contribution in [2.45, 2.75) is 26.3 Å². The summed E-state index contributed by atoms with van der Waals surface area (Å²) < 4.78 is 1.83. The Morgan fingerprint density at radius 3 is 2.91 bits per heavy atom. The fourth-order valence-electron chi connectivity index (χ4n) is 2.67.